The Morgan fingerprint density at radius 1 is 1.16 bits per heavy atom. The third-order valence-corrected chi connectivity index (χ3v) is 5.04. The predicted molar refractivity (Wildman–Crippen MR) is 112 cm³/mol. The van der Waals surface area contributed by atoms with Crippen molar-refractivity contribution >= 4 is 40.5 Å². The van der Waals surface area contributed by atoms with Crippen LogP contribution in [0.2, 0.25) is 5.02 Å². The predicted octanol–water partition coefficient (Wildman–Crippen LogP) is 5.64. The lowest BCUT2D eigenvalue weighted by atomic mass is 9.95. The molecule has 32 heavy (non-hydrogen) atoms. The van der Waals surface area contributed by atoms with Crippen LogP contribution in [0.4, 0.5) is 34.9 Å². The molecule has 2 aromatic heterocycles. The molecule has 12 heteroatoms. The first-order chi connectivity index (χ1) is 15.1. The molecule has 0 atom stereocenters. The van der Waals surface area contributed by atoms with Gasteiger partial charge in [-0.05, 0) is 31.0 Å². The van der Waals surface area contributed by atoms with Gasteiger partial charge in [-0.3, -0.25) is 0 Å². The number of benzene rings is 1. The van der Waals surface area contributed by atoms with Crippen molar-refractivity contribution in [2.24, 2.45) is 0 Å². The Morgan fingerprint density at radius 2 is 1.84 bits per heavy atom. The minimum atomic E-state index is -5.08. The van der Waals surface area contributed by atoms with Crippen LogP contribution in [-0.4, -0.2) is 37.9 Å². The van der Waals surface area contributed by atoms with E-state index in [0.717, 1.165) is 17.3 Å². The third-order valence-electron chi connectivity index (χ3n) is 4.75. The highest BCUT2D eigenvalue weighted by atomic mass is 35.5. The summed E-state index contributed by atoms with van der Waals surface area (Å²) in [6, 6.07) is 8.78. The van der Waals surface area contributed by atoms with E-state index in [1.165, 1.54) is 38.2 Å². The normalized spacial score (nSPS) is 14.5. The Hall–Kier alpha value is -3.08. The van der Waals surface area contributed by atoms with Gasteiger partial charge in [-0.25, -0.2) is 14.2 Å². The topological polar surface area (TPSA) is 91.5 Å². The summed E-state index contributed by atoms with van der Waals surface area (Å²) in [5.41, 5.74) is 1.44. The Labute approximate surface area is 185 Å². The van der Waals surface area contributed by atoms with E-state index in [-0.39, 0.29) is 5.02 Å². The number of fused-ring (bicyclic) bond motifs is 1. The monoisotopic (exact) mass is 473 g/mol. The second-order valence-corrected chi connectivity index (χ2v) is 7.57. The highest BCUT2D eigenvalue weighted by Crippen LogP contribution is 2.26. The average molecular weight is 474 g/mol. The first-order valence-electron chi connectivity index (χ1n) is 9.77. The molecule has 172 valence electrons. The van der Waals surface area contributed by atoms with E-state index < -0.39 is 18.0 Å². The molecule has 3 aromatic rings. The first-order valence-corrected chi connectivity index (χ1v) is 10.1. The average Bonchev–Trinajstić information content (AvgIpc) is 3.20. The zero-order chi connectivity index (χ0) is 23.3. The van der Waals surface area contributed by atoms with Crippen LogP contribution < -0.4 is 10.6 Å². The van der Waals surface area contributed by atoms with Crippen LogP contribution in [0.3, 0.4) is 0 Å². The maximum atomic E-state index is 13.4. The number of anilines is 3. The molecule has 1 fully saturated rings. The minimum Gasteiger partial charge on any atom is -0.475 e. The van der Waals surface area contributed by atoms with E-state index in [2.05, 4.69) is 20.7 Å². The number of hydrogen-bond acceptors (Lipinski definition) is 5. The molecule has 3 N–H and O–H groups in total. The summed E-state index contributed by atoms with van der Waals surface area (Å²) in [6.45, 7) is 0. The van der Waals surface area contributed by atoms with Crippen molar-refractivity contribution in [2.75, 3.05) is 10.6 Å². The molecule has 7 nitrogen and oxygen atoms in total. The maximum Gasteiger partial charge on any atom is 0.490 e. The van der Waals surface area contributed by atoms with E-state index >= 15 is 0 Å². The second kappa shape index (κ2) is 10.0. The van der Waals surface area contributed by atoms with Gasteiger partial charge in [0.05, 0.1) is 11.2 Å². The molecule has 2 heterocycles. The number of nitrogens with zero attached hydrogens (tertiary/aromatic N) is 3. The number of aromatic nitrogens is 3. The molecule has 0 bridgehead atoms. The standard InChI is InChI=1S/C18H19ClFN5.C2HF3O2/c19-14-10-13(6-7-15(14)20)23-18-11-16(22-12-4-2-1-3-5-12)24-17-8-9-21-25(17)18;3-2(4,5)1(6)7/h6-12,23H,1-5H2,(H,22,24);(H,6,7). The zero-order valence-electron chi connectivity index (χ0n) is 16.7. The molecule has 4 rings (SSSR count). The number of halogens is 5. The van der Waals surface area contributed by atoms with Crippen molar-refractivity contribution in [1.82, 2.24) is 14.6 Å². The van der Waals surface area contributed by atoms with Crippen LogP contribution >= 0.6 is 11.6 Å². The molecule has 0 saturated heterocycles. The van der Waals surface area contributed by atoms with Gasteiger partial charge < -0.3 is 15.7 Å². The summed E-state index contributed by atoms with van der Waals surface area (Å²) in [5, 5.41) is 18.3. The van der Waals surface area contributed by atoms with E-state index in [1.807, 2.05) is 12.1 Å². The fourth-order valence-electron chi connectivity index (χ4n) is 3.25. The highest BCUT2D eigenvalue weighted by molar-refractivity contribution is 6.31. The van der Waals surface area contributed by atoms with E-state index in [1.54, 1.807) is 22.8 Å². The second-order valence-electron chi connectivity index (χ2n) is 7.16. The van der Waals surface area contributed by atoms with Crippen molar-refractivity contribution in [3.05, 3.63) is 47.4 Å². The van der Waals surface area contributed by atoms with Crippen molar-refractivity contribution in [1.29, 1.82) is 0 Å². The number of carboxylic acids is 1. The minimum absolute atomic E-state index is 0.0799. The fraction of sp³-hybridized carbons (Fsp3) is 0.350. The summed E-state index contributed by atoms with van der Waals surface area (Å²) >= 11 is 5.88. The van der Waals surface area contributed by atoms with E-state index in [4.69, 9.17) is 21.5 Å². The SMILES string of the molecule is Fc1ccc(Nc2cc(NC3CCCCC3)nc3ccnn23)cc1Cl.O=C(O)C(F)(F)F. The molecule has 0 spiro atoms. The molecule has 0 unspecified atom stereocenters. The largest absolute Gasteiger partial charge is 0.490 e. The number of rotatable bonds is 4. The molecular weight excluding hydrogens is 454 g/mol. The number of aliphatic carboxylic acids is 1. The fourth-order valence-corrected chi connectivity index (χ4v) is 3.43. The van der Waals surface area contributed by atoms with Gasteiger partial charge in [0.1, 0.15) is 17.5 Å². The van der Waals surface area contributed by atoms with Crippen LogP contribution in [0, 0.1) is 5.82 Å². The molecule has 0 aliphatic heterocycles. The Balaban J connectivity index is 0.000000360. The van der Waals surface area contributed by atoms with Gasteiger partial charge in [-0.15, -0.1) is 0 Å². The highest BCUT2D eigenvalue weighted by Gasteiger charge is 2.38. The quantitative estimate of drug-likeness (QED) is 0.424. The summed E-state index contributed by atoms with van der Waals surface area (Å²) in [5.74, 6) is -1.63. The van der Waals surface area contributed by atoms with Crippen LogP contribution in [0.15, 0.2) is 36.5 Å². The molecule has 0 amide bonds. The van der Waals surface area contributed by atoms with Gasteiger partial charge in [0.15, 0.2) is 5.65 Å². The zero-order valence-corrected chi connectivity index (χ0v) is 17.4. The van der Waals surface area contributed by atoms with Gasteiger partial charge in [0, 0.05) is 23.9 Å². The number of carboxylic acid groups (broad SMARTS) is 1. The Bertz CT molecular complexity index is 1080. The summed E-state index contributed by atoms with van der Waals surface area (Å²) < 4.78 is 46.8. The molecule has 1 aliphatic rings. The molecule has 0 radical (unpaired) electrons. The lowest BCUT2D eigenvalue weighted by molar-refractivity contribution is -0.192. The molecule has 1 aliphatic carbocycles. The number of carbonyl (C=O) groups is 1. The van der Waals surface area contributed by atoms with Crippen molar-refractivity contribution in [2.45, 2.75) is 44.3 Å². The Kier molecular flexibility index (Phi) is 7.39. The van der Waals surface area contributed by atoms with Crippen molar-refractivity contribution in [3.8, 4) is 0 Å². The van der Waals surface area contributed by atoms with Crippen molar-refractivity contribution in [3.63, 3.8) is 0 Å². The summed E-state index contributed by atoms with van der Waals surface area (Å²) in [7, 11) is 0. The van der Waals surface area contributed by atoms with Gasteiger partial charge in [0.25, 0.3) is 0 Å². The number of hydrogen-bond donors (Lipinski definition) is 3. The Morgan fingerprint density at radius 3 is 2.47 bits per heavy atom. The molecular formula is C20H20ClF4N5O2. The van der Waals surface area contributed by atoms with Gasteiger partial charge in [-0.2, -0.15) is 22.8 Å². The van der Waals surface area contributed by atoms with Crippen LogP contribution in [0.1, 0.15) is 32.1 Å². The van der Waals surface area contributed by atoms with Gasteiger partial charge >= 0.3 is 12.1 Å². The molecule has 1 saturated carbocycles. The van der Waals surface area contributed by atoms with Crippen LogP contribution in [-0.2, 0) is 4.79 Å². The lowest BCUT2D eigenvalue weighted by Gasteiger charge is -2.23. The number of alkyl halides is 3. The lowest BCUT2D eigenvalue weighted by Crippen LogP contribution is -2.23. The number of nitrogens with one attached hydrogen (secondary N) is 2. The van der Waals surface area contributed by atoms with Crippen molar-refractivity contribution < 1.29 is 27.5 Å². The summed E-state index contributed by atoms with van der Waals surface area (Å²) in [6.07, 6.45) is 2.78. The van der Waals surface area contributed by atoms with Crippen LogP contribution in [0.25, 0.3) is 5.65 Å². The maximum absolute atomic E-state index is 13.4. The smallest absolute Gasteiger partial charge is 0.475 e. The summed E-state index contributed by atoms with van der Waals surface area (Å²) in [4.78, 5) is 13.5. The first kappa shape index (κ1) is 23.6. The van der Waals surface area contributed by atoms with E-state index in [9.17, 15) is 17.6 Å². The third kappa shape index (κ3) is 6.22. The molecule has 1 aromatic carbocycles. The van der Waals surface area contributed by atoms with Gasteiger partial charge in [-0.1, -0.05) is 30.9 Å². The van der Waals surface area contributed by atoms with Gasteiger partial charge in [0.2, 0.25) is 0 Å². The van der Waals surface area contributed by atoms with E-state index in [0.29, 0.717) is 11.7 Å². The van der Waals surface area contributed by atoms with Crippen LogP contribution in [0.5, 0.6) is 0 Å².